The van der Waals surface area contributed by atoms with Gasteiger partial charge in [0.25, 0.3) is 11.4 Å². The largest absolute Gasteiger partial charge is 0.464 e. The van der Waals surface area contributed by atoms with E-state index in [-0.39, 0.29) is 56.1 Å². The Morgan fingerprint density at radius 3 is 1.59 bits per heavy atom. The summed E-state index contributed by atoms with van der Waals surface area (Å²) in [7, 11) is 2.09. The number of alkyl halides is 3. The van der Waals surface area contributed by atoms with Crippen LogP contribution in [0.25, 0.3) is 0 Å². The van der Waals surface area contributed by atoms with E-state index in [1.807, 2.05) is 0 Å². The van der Waals surface area contributed by atoms with E-state index >= 15 is 0 Å². The SMILES string of the molecule is COC(=O)c1nc(Cl)c(Cl)c(NCc2ccccc2[N+](=O)[O-])c1Br.COC(=O)c1nc(Cl)c(Cl)c(NCc2ccccc2[N+](=O)[O-])c1C(F)(F)F. The molecule has 0 saturated carbocycles. The lowest BCUT2D eigenvalue weighted by Gasteiger charge is -2.19. The molecular weight excluding hydrogens is 839 g/mol. The Kier molecular flexibility index (Phi) is 14.2. The number of rotatable bonds is 10. The first kappa shape index (κ1) is 40.9. The second-order valence-corrected chi connectivity index (χ2v) is 11.8. The number of halogens is 8. The Balaban J connectivity index is 0.000000277. The van der Waals surface area contributed by atoms with Crippen LogP contribution in [0.5, 0.6) is 0 Å². The second-order valence-electron chi connectivity index (χ2n) is 9.53. The molecule has 2 aromatic heterocycles. The predicted molar refractivity (Wildman–Crippen MR) is 185 cm³/mol. The number of carbonyl (C=O) groups is 2. The van der Waals surface area contributed by atoms with Gasteiger partial charge in [0, 0.05) is 36.3 Å². The highest BCUT2D eigenvalue weighted by Crippen LogP contribution is 2.43. The molecule has 0 aliphatic heterocycles. The zero-order valence-corrected chi connectivity index (χ0v) is 30.2. The van der Waals surface area contributed by atoms with Crippen molar-refractivity contribution < 1.29 is 42.1 Å². The molecule has 14 nitrogen and oxygen atoms in total. The molecule has 0 unspecified atom stereocenters. The number of nitro benzene ring substituents is 2. The number of benzene rings is 2. The highest BCUT2D eigenvalue weighted by molar-refractivity contribution is 9.10. The first-order valence-corrected chi connectivity index (χ1v) is 15.8. The minimum absolute atomic E-state index is 0.0365. The summed E-state index contributed by atoms with van der Waals surface area (Å²) >= 11 is 26.9. The van der Waals surface area contributed by atoms with Gasteiger partial charge in [-0.3, -0.25) is 20.2 Å². The number of methoxy groups -OCH3 is 2. The average molecular weight is 859 g/mol. The van der Waals surface area contributed by atoms with E-state index in [1.54, 1.807) is 18.2 Å². The van der Waals surface area contributed by atoms with Crippen LogP contribution in [-0.2, 0) is 28.7 Å². The van der Waals surface area contributed by atoms with Gasteiger partial charge in [-0.2, -0.15) is 13.2 Å². The van der Waals surface area contributed by atoms with E-state index in [1.165, 1.54) is 37.4 Å². The number of para-hydroxylation sites is 2. The van der Waals surface area contributed by atoms with Crippen LogP contribution in [0.15, 0.2) is 53.0 Å². The van der Waals surface area contributed by atoms with Crippen molar-refractivity contribution in [3.05, 3.63) is 122 Å². The Bertz CT molecular complexity index is 2010. The van der Waals surface area contributed by atoms with Gasteiger partial charge in [-0.05, 0) is 15.9 Å². The summed E-state index contributed by atoms with van der Waals surface area (Å²) in [5.41, 5.74) is -2.87. The number of aromatic nitrogens is 2. The summed E-state index contributed by atoms with van der Waals surface area (Å²) in [5.74, 6) is -2.07. The van der Waals surface area contributed by atoms with E-state index in [0.717, 1.165) is 7.11 Å². The van der Waals surface area contributed by atoms with Gasteiger partial charge in [0.15, 0.2) is 21.7 Å². The molecule has 0 spiro atoms. The van der Waals surface area contributed by atoms with Crippen LogP contribution < -0.4 is 10.6 Å². The van der Waals surface area contributed by atoms with Crippen molar-refractivity contribution in [3.8, 4) is 0 Å². The first-order chi connectivity index (χ1) is 23.9. The minimum atomic E-state index is -5.03. The molecule has 22 heteroatoms. The van der Waals surface area contributed by atoms with Gasteiger partial charge >= 0.3 is 18.1 Å². The number of carbonyl (C=O) groups excluding carboxylic acids is 2. The molecule has 0 radical (unpaired) electrons. The van der Waals surface area contributed by atoms with E-state index in [0.29, 0.717) is 5.56 Å². The van der Waals surface area contributed by atoms with Gasteiger partial charge in [0.1, 0.15) is 15.6 Å². The Morgan fingerprint density at radius 1 is 0.765 bits per heavy atom. The molecule has 0 bridgehead atoms. The van der Waals surface area contributed by atoms with Gasteiger partial charge < -0.3 is 20.1 Å². The molecule has 270 valence electrons. The highest BCUT2D eigenvalue weighted by atomic mass is 79.9. The molecule has 0 aliphatic rings. The van der Waals surface area contributed by atoms with Crippen molar-refractivity contribution in [2.75, 3.05) is 24.9 Å². The molecule has 2 N–H and O–H groups in total. The number of esters is 2. The molecule has 4 rings (SSSR count). The number of pyridine rings is 2. The predicted octanol–water partition coefficient (Wildman–Crippen LogP) is 9.17. The molecule has 0 saturated heterocycles. The third-order valence-corrected chi connectivity index (χ3v) is 8.71. The number of nitrogens with zero attached hydrogens (tertiary/aromatic N) is 4. The van der Waals surface area contributed by atoms with Gasteiger partial charge in [-0.15, -0.1) is 0 Å². The summed E-state index contributed by atoms with van der Waals surface area (Å²) < 4.78 is 49.9. The van der Waals surface area contributed by atoms with Crippen LogP contribution in [0, 0.1) is 20.2 Å². The fourth-order valence-electron chi connectivity index (χ4n) is 4.17. The summed E-state index contributed by atoms with van der Waals surface area (Å²) in [6.07, 6.45) is -5.03. The average Bonchev–Trinajstić information content (AvgIpc) is 3.09. The topological polar surface area (TPSA) is 189 Å². The number of hydrogen-bond donors (Lipinski definition) is 2. The normalized spacial score (nSPS) is 10.8. The summed E-state index contributed by atoms with van der Waals surface area (Å²) in [5, 5.41) is 26.2. The summed E-state index contributed by atoms with van der Waals surface area (Å²) in [6.45, 7) is -0.294. The molecule has 4 aromatic rings. The first-order valence-electron chi connectivity index (χ1n) is 13.5. The maximum atomic E-state index is 13.6. The summed E-state index contributed by atoms with van der Waals surface area (Å²) in [6, 6.07) is 11.7. The zero-order chi connectivity index (χ0) is 38.2. The smallest absolute Gasteiger partial charge is 0.420 e. The molecule has 0 fully saturated rings. The highest BCUT2D eigenvalue weighted by Gasteiger charge is 2.41. The molecule has 2 heterocycles. The maximum absolute atomic E-state index is 13.6. The van der Waals surface area contributed by atoms with Crippen LogP contribution in [0.2, 0.25) is 20.4 Å². The van der Waals surface area contributed by atoms with Crippen molar-refractivity contribution in [1.82, 2.24) is 9.97 Å². The molecule has 0 aliphatic carbocycles. The van der Waals surface area contributed by atoms with Gasteiger partial charge in [0.05, 0.1) is 39.9 Å². The molecule has 51 heavy (non-hydrogen) atoms. The van der Waals surface area contributed by atoms with E-state index in [2.05, 4.69) is 46.0 Å². The molecular formula is C29H20BrCl4F3N6O8. The van der Waals surface area contributed by atoms with E-state index in [9.17, 15) is 43.0 Å². The minimum Gasteiger partial charge on any atom is -0.464 e. The fraction of sp³-hybridized carbons (Fsp3) is 0.172. The number of nitro groups is 2. The maximum Gasteiger partial charge on any atom is 0.420 e. The van der Waals surface area contributed by atoms with Crippen LogP contribution in [-0.4, -0.2) is 46.0 Å². The van der Waals surface area contributed by atoms with E-state index in [4.69, 9.17) is 46.4 Å². The third kappa shape index (κ3) is 9.85. The van der Waals surface area contributed by atoms with Crippen molar-refractivity contribution in [3.63, 3.8) is 0 Å². The number of ether oxygens (including phenoxy) is 2. The molecule has 0 amide bonds. The lowest BCUT2D eigenvalue weighted by Crippen LogP contribution is -2.20. The van der Waals surface area contributed by atoms with Crippen LogP contribution in [0.4, 0.5) is 35.9 Å². The summed E-state index contributed by atoms with van der Waals surface area (Å²) in [4.78, 5) is 51.6. The molecule has 2 aromatic carbocycles. The van der Waals surface area contributed by atoms with Crippen LogP contribution >= 0.6 is 62.3 Å². The van der Waals surface area contributed by atoms with Gasteiger partial charge in [-0.1, -0.05) is 82.8 Å². The Morgan fingerprint density at radius 2 is 1.16 bits per heavy atom. The van der Waals surface area contributed by atoms with Crippen LogP contribution in [0.1, 0.15) is 37.7 Å². The fourth-order valence-corrected chi connectivity index (χ4v) is 5.63. The Hall–Kier alpha value is -4.49. The molecule has 0 atom stereocenters. The number of nitrogens with one attached hydrogen (secondary N) is 2. The van der Waals surface area contributed by atoms with Gasteiger partial charge in [0.2, 0.25) is 0 Å². The Labute approximate surface area is 313 Å². The monoisotopic (exact) mass is 856 g/mol. The lowest BCUT2D eigenvalue weighted by atomic mass is 10.1. The standard InChI is InChI=1S/C15H10Cl2F3N3O4.C14H10BrCl2N3O4/c1-27-14(24)12-9(15(18,19)20)11(10(16)13(17)22-12)21-6-7-4-2-3-5-8(7)23(25)26;1-24-14(21)12-9(15)11(10(16)13(17)19-12)18-6-7-4-2-3-5-8(7)20(22)23/h2-5H,6H2,1H3,(H,21,22);2-5H,6H2,1H3,(H,18,19). The number of anilines is 2. The zero-order valence-electron chi connectivity index (χ0n) is 25.6. The van der Waals surface area contributed by atoms with Crippen molar-refractivity contribution >= 4 is 97.0 Å². The number of hydrogen-bond acceptors (Lipinski definition) is 12. The van der Waals surface area contributed by atoms with Crippen molar-refractivity contribution in [2.45, 2.75) is 19.3 Å². The van der Waals surface area contributed by atoms with Crippen LogP contribution in [0.3, 0.4) is 0 Å². The van der Waals surface area contributed by atoms with Crippen molar-refractivity contribution in [2.24, 2.45) is 0 Å². The third-order valence-electron chi connectivity index (χ3n) is 6.46. The van der Waals surface area contributed by atoms with E-state index < -0.39 is 55.1 Å². The second kappa shape index (κ2) is 17.6. The quantitative estimate of drug-likeness (QED) is 0.0667. The van der Waals surface area contributed by atoms with Gasteiger partial charge in [-0.25, -0.2) is 19.6 Å². The lowest BCUT2D eigenvalue weighted by molar-refractivity contribution is -0.385. The van der Waals surface area contributed by atoms with Crippen molar-refractivity contribution in [1.29, 1.82) is 0 Å².